The second-order valence-corrected chi connectivity index (χ2v) is 5.18. The van der Waals surface area contributed by atoms with E-state index in [0.29, 0.717) is 30.2 Å². The first-order chi connectivity index (χ1) is 11.0. The summed E-state index contributed by atoms with van der Waals surface area (Å²) in [7, 11) is 1.57. The van der Waals surface area contributed by atoms with Crippen LogP contribution in [0.4, 0.5) is 5.69 Å². The number of nitrogens with two attached hydrogens (primary N) is 1. The molecule has 5 nitrogen and oxygen atoms in total. The highest BCUT2D eigenvalue weighted by Gasteiger charge is 2.21. The Morgan fingerprint density at radius 2 is 1.87 bits per heavy atom. The third-order valence-electron chi connectivity index (χ3n) is 3.60. The van der Waals surface area contributed by atoms with Gasteiger partial charge in [0.2, 0.25) is 0 Å². The van der Waals surface area contributed by atoms with E-state index < -0.39 is 11.9 Å². The number of nitrogen functional groups attached to an aromatic ring is 1. The average Bonchev–Trinajstić information content (AvgIpc) is 2.54. The van der Waals surface area contributed by atoms with Crippen molar-refractivity contribution in [3.63, 3.8) is 0 Å². The molecule has 0 spiro atoms. The van der Waals surface area contributed by atoms with Crippen LogP contribution in [-0.4, -0.2) is 24.8 Å². The summed E-state index contributed by atoms with van der Waals surface area (Å²) in [5.41, 5.74) is 7.86. The normalized spacial score (nSPS) is 11.7. The molecule has 0 bridgehead atoms. The number of hydrogen-bond acceptors (Lipinski definition) is 4. The lowest BCUT2D eigenvalue weighted by Gasteiger charge is -2.15. The van der Waals surface area contributed by atoms with Crippen LogP contribution < -0.4 is 15.2 Å². The SMILES string of the molecule is CCOc1ccc(CC(C(=O)O)c2ccc(N)cc2)cc1OC. The first kappa shape index (κ1) is 16.7. The van der Waals surface area contributed by atoms with E-state index in [-0.39, 0.29) is 0 Å². The molecule has 0 amide bonds. The summed E-state index contributed by atoms with van der Waals surface area (Å²) in [6.07, 6.45) is 0.363. The summed E-state index contributed by atoms with van der Waals surface area (Å²) in [5.74, 6) is -0.259. The van der Waals surface area contributed by atoms with Crippen LogP contribution in [-0.2, 0) is 11.2 Å². The summed E-state index contributed by atoms with van der Waals surface area (Å²) in [5, 5.41) is 9.54. The van der Waals surface area contributed by atoms with Gasteiger partial charge in [-0.2, -0.15) is 0 Å². The van der Waals surface area contributed by atoms with Crippen molar-refractivity contribution >= 4 is 11.7 Å². The predicted molar refractivity (Wildman–Crippen MR) is 89.1 cm³/mol. The van der Waals surface area contributed by atoms with Crippen LogP contribution in [0.2, 0.25) is 0 Å². The maximum Gasteiger partial charge on any atom is 0.311 e. The van der Waals surface area contributed by atoms with Crippen LogP contribution in [0.5, 0.6) is 11.5 Å². The third kappa shape index (κ3) is 4.16. The van der Waals surface area contributed by atoms with E-state index >= 15 is 0 Å². The maximum atomic E-state index is 11.6. The van der Waals surface area contributed by atoms with Crippen LogP contribution in [0.3, 0.4) is 0 Å². The van der Waals surface area contributed by atoms with Crippen molar-refractivity contribution in [1.29, 1.82) is 0 Å². The minimum Gasteiger partial charge on any atom is -0.493 e. The molecule has 23 heavy (non-hydrogen) atoms. The quantitative estimate of drug-likeness (QED) is 0.767. The molecule has 2 aromatic carbocycles. The molecule has 0 aromatic heterocycles. The number of aliphatic carboxylic acids is 1. The molecule has 0 fully saturated rings. The van der Waals surface area contributed by atoms with E-state index in [1.165, 1.54) is 0 Å². The van der Waals surface area contributed by atoms with Crippen LogP contribution in [0, 0.1) is 0 Å². The molecular formula is C18H21NO4. The number of carboxylic acid groups (broad SMARTS) is 1. The Hall–Kier alpha value is -2.69. The van der Waals surface area contributed by atoms with Crippen molar-refractivity contribution in [2.45, 2.75) is 19.3 Å². The molecule has 122 valence electrons. The van der Waals surface area contributed by atoms with Gasteiger partial charge < -0.3 is 20.3 Å². The fraction of sp³-hybridized carbons (Fsp3) is 0.278. The maximum absolute atomic E-state index is 11.6. The van der Waals surface area contributed by atoms with Gasteiger partial charge >= 0.3 is 5.97 Å². The van der Waals surface area contributed by atoms with Crippen molar-refractivity contribution in [2.75, 3.05) is 19.5 Å². The lowest BCUT2D eigenvalue weighted by Crippen LogP contribution is -2.14. The van der Waals surface area contributed by atoms with Gasteiger partial charge in [0.25, 0.3) is 0 Å². The molecular weight excluding hydrogens is 294 g/mol. The molecule has 0 saturated heterocycles. The zero-order chi connectivity index (χ0) is 16.8. The van der Waals surface area contributed by atoms with E-state index in [2.05, 4.69) is 0 Å². The minimum atomic E-state index is -0.873. The van der Waals surface area contributed by atoms with Crippen LogP contribution >= 0.6 is 0 Å². The lowest BCUT2D eigenvalue weighted by atomic mass is 9.92. The van der Waals surface area contributed by atoms with E-state index in [4.69, 9.17) is 15.2 Å². The second-order valence-electron chi connectivity index (χ2n) is 5.18. The average molecular weight is 315 g/mol. The van der Waals surface area contributed by atoms with Gasteiger partial charge in [0.05, 0.1) is 19.6 Å². The molecule has 1 unspecified atom stereocenters. The van der Waals surface area contributed by atoms with Gasteiger partial charge in [0.15, 0.2) is 11.5 Å². The molecule has 1 atom stereocenters. The van der Waals surface area contributed by atoms with Crippen molar-refractivity contribution in [3.05, 3.63) is 53.6 Å². The van der Waals surface area contributed by atoms with Gasteiger partial charge in [0, 0.05) is 5.69 Å². The predicted octanol–water partition coefficient (Wildman–Crippen LogP) is 3.09. The highest BCUT2D eigenvalue weighted by Crippen LogP contribution is 2.30. The van der Waals surface area contributed by atoms with E-state index in [1.54, 1.807) is 37.4 Å². The highest BCUT2D eigenvalue weighted by atomic mass is 16.5. The zero-order valence-corrected chi connectivity index (χ0v) is 13.3. The first-order valence-corrected chi connectivity index (χ1v) is 7.43. The summed E-state index contributed by atoms with van der Waals surface area (Å²) >= 11 is 0. The van der Waals surface area contributed by atoms with Gasteiger partial charge in [-0.3, -0.25) is 4.79 Å². The minimum absolute atomic E-state index is 0.363. The molecule has 0 saturated carbocycles. The van der Waals surface area contributed by atoms with Crippen LogP contribution in [0.15, 0.2) is 42.5 Å². The summed E-state index contributed by atoms with van der Waals surface area (Å²) < 4.78 is 10.8. The Bertz CT molecular complexity index is 667. The lowest BCUT2D eigenvalue weighted by molar-refractivity contribution is -0.138. The second kappa shape index (κ2) is 7.54. The Labute approximate surface area is 135 Å². The summed E-state index contributed by atoms with van der Waals surface area (Å²) in [6.45, 7) is 2.44. The number of methoxy groups -OCH3 is 1. The molecule has 2 rings (SSSR count). The number of carbonyl (C=O) groups is 1. The zero-order valence-electron chi connectivity index (χ0n) is 13.3. The van der Waals surface area contributed by atoms with Gasteiger partial charge in [0.1, 0.15) is 0 Å². The van der Waals surface area contributed by atoms with E-state index in [9.17, 15) is 9.90 Å². The number of carboxylic acids is 1. The molecule has 0 heterocycles. The van der Waals surface area contributed by atoms with Crippen molar-refractivity contribution < 1.29 is 19.4 Å². The molecule has 0 aliphatic rings. The Balaban J connectivity index is 2.26. The number of hydrogen-bond donors (Lipinski definition) is 2. The number of anilines is 1. The molecule has 2 aromatic rings. The van der Waals surface area contributed by atoms with E-state index in [1.807, 2.05) is 19.1 Å². The Morgan fingerprint density at radius 1 is 1.17 bits per heavy atom. The number of ether oxygens (including phenoxy) is 2. The smallest absolute Gasteiger partial charge is 0.311 e. The standard InChI is InChI=1S/C18H21NO4/c1-3-23-16-9-4-12(11-17(16)22-2)10-15(18(20)21)13-5-7-14(19)8-6-13/h4-9,11,15H,3,10,19H2,1-2H3,(H,20,21). The summed E-state index contributed by atoms with van der Waals surface area (Å²) in [4.78, 5) is 11.6. The van der Waals surface area contributed by atoms with Crippen molar-refractivity contribution in [2.24, 2.45) is 0 Å². The third-order valence-corrected chi connectivity index (χ3v) is 3.60. The van der Waals surface area contributed by atoms with Crippen molar-refractivity contribution in [3.8, 4) is 11.5 Å². The van der Waals surface area contributed by atoms with Gasteiger partial charge in [-0.05, 0) is 48.7 Å². The van der Waals surface area contributed by atoms with Gasteiger partial charge in [-0.25, -0.2) is 0 Å². The first-order valence-electron chi connectivity index (χ1n) is 7.43. The molecule has 3 N–H and O–H groups in total. The summed E-state index contributed by atoms with van der Waals surface area (Å²) in [6, 6.07) is 12.4. The fourth-order valence-corrected chi connectivity index (χ4v) is 2.43. The number of rotatable bonds is 7. The van der Waals surface area contributed by atoms with Gasteiger partial charge in [-0.1, -0.05) is 18.2 Å². The highest BCUT2D eigenvalue weighted by molar-refractivity contribution is 5.76. The molecule has 0 radical (unpaired) electrons. The largest absolute Gasteiger partial charge is 0.493 e. The fourth-order valence-electron chi connectivity index (χ4n) is 2.43. The molecule has 0 aliphatic heterocycles. The Kier molecular flexibility index (Phi) is 5.46. The topological polar surface area (TPSA) is 81.8 Å². The van der Waals surface area contributed by atoms with Crippen molar-refractivity contribution in [1.82, 2.24) is 0 Å². The van der Waals surface area contributed by atoms with E-state index in [0.717, 1.165) is 11.1 Å². The molecule has 0 aliphatic carbocycles. The number of benzene rings is 2. The molecule has 5 heteroatoms. The van der Waals surface area contributed by atoms with Crippen LogP contribution in [0.1, 0.15) is 24.0 Å². The van der Waals surface area contributed by atoms with Crippen LogP contribution in [0.25, 0.3) is 0 Å². The monoisotopic (exact) mass is 315 g/mol. The Morgan fingerprint density at radius 3 is 2.43 bits per heavy atom. The van der Waals surface area contributed by atoms with Gasteiger partial charge in [-0.15, -0.1) is 0 Å².